The molecular weight excluding hydrogens is 413 g/mol. The number of aliphatic hydroxyl groups is 1. The van der Waals surface area contributed by atoms with Gasteiger partial charge in [0, 0.05) is 11.3 Å². The fourth-order valence-corrected chi connectivity index (χ4v) is 3.77. The highest BCUT2D eigenvalue weighted by Crippen LogP contribution is 2.42. The minimum absolute atomic E-state index is 0.0756. The average molecular weight is 433 g/mol. The first-order valence-corrected chi connectivity index (χ1v) is 9.99. The van der Waals surface area contributed by atoms with Crippen molar-refractivity contribution >= 4 is 23.1 Å². The van der Waals surface area contributed by atoms with Crippen LogP contribution in [0.3, 0.4) is 0 Å². The summed E-state index contributed by atoms with van der Waals surface area (Å²) in [5.41, 5.74) is 0.706. The van der Waals surface area contributed by atoms with Gasteiger partial charge in [-0.05, 0) is 67.1 Å². The van der Waals surface area contributed by atoms with E-state index in [1.54, 1.807) is 36.4 Å². The van der Waals surface area contributed by atoms with E-state index in [0.717, 1.165) is 11.0 Å². The highest BCUT2D eigenvalue weighted by molar-refractivity contribution is 6.51. The van der Waals surface area contributed by atoms with Gasteiger partial charge in [-0.25, -0.2) is 4.39 Å². The molecule has 1 amide bonds. The van der Waals surface area contributed by atoms with E-state index < -0.39 is 23.5 Å². The molecule has 0 aliphatic carbocycles. The Kier molecular flexibility index (Phi) is 5.64. The van der Waals surface area contributed by atoms with E-state index in [-0.39, 0.29) is 22.8 Å². The zero-order valence-electron chi connectivity index (χ0n) is 17.2. The van der Waals surface area contributed by atoms with Crippen molar-refractivity contribution < 1.29 is 28.9 Å². The zero-order chi connectivity index (χ0) is 22.8. The molecule has 0 saturated carbocycles. The molecule has 4 rings (SSSR count). The summed E-state index contributed by atoms with van der Waals surface area (Å²) in [4.78, 5) is 27.2. The molecule has 1 aliphatic heterocycles. The van der Waals surface area contributed by atoms with Gasteiger partial charge in [0.25, 0.3) is 11.7 Å². The molecule has 32 heavy (non-hydrogen) atoms. The molecule has 1 saturated heterocycles. The maximum absolute atomic E-state index is 13.9. The topological polar surface area (TPSA) is 87.1 Å². The van der Waals surface area contributed by atoms with Crippen molar-refractivity contribution in [1.29, 1.82) is 0 Å². The summed E-state index contributed by atoms with van der Waals surface area (Å²) in [7, 11) is 0. The maximum atomic E-state index is 13.9. The Morgan fingerprint density at radius 2 is 1.75 bits per heavy atom. The number of aliphatic hydroxyl groups excluding tert-OH is 1. The van der Waals surface area contributed by atoms with Crippen LogP contribution in [0, 0.1) is 5.82 Å². The Bertz CT molecular complexity index is 1220. The van der Waals surface area contributed by atoms with Crippen molar-refractivity contribution in [3.63, 3.8) is 0 Å². The molecule has 1 unspecified atom stereocenters. The number of halogens is 1. The third-order valence-corrected chi connectivity index (χ3v) is 5.16. The Morgan fingerprint density at radius 1 is 1.03 bits per heavy atom. The van der Waals surface area contributed by atoms with Crippen molar-refractivity contribution in [3.05, 3.63) is 95.3 Å². The molecule has 1 aliphatic rings. The van der Waals surface area contributed by atoms with Gasteiger partial charge < -0.3 is 14.9 Å². The fraction of sp³-hybridized carbons (Fsp3) is 0.120. The van der Waals surface area contributed by atoms with Crippen LogP contribution in [-0.2, 0) is 9.59 Å². The number of amides is 1. The Labute approximate surface area is 183 Å². The Balaban J connectivity index is 1.90. The number of anilines is 1. The first-order valence-electron chi connectivity index (χ1n) is 9.99. The summed E-state index contributed by atoms with van der Waals surface area (Å²) in [5.74, 6) is -2.25. The van der Waals surface area contributed by atoms with E-state index in [4.69, 9.17) is 4.74 Å². The van der Waals surface area contributed by atoms with Gasteiger partial charge in [-0.2, -0.15) is 0 Å². The molecule has 1 heterocycles. The summed E-state index contributed by atoms with van der Waals surface area (Å²) >= 11 is 0. The summed E-state index contributed by atoms with van der Waals surface area (Å²) in [6, 6.07) is 16.7. The molecule has 0 radical (unpaired) electrons. The smallest absolute Gasteiger partial charge is 0.300 e. The molecule has 1 atom stereocenters. The first-order chi connectivity index (χ1) is 15.4. The van der Waals surface area contributed by atoms with Crippen LogP contribution in [0.15, 0.2) is 78.4 Å². The highest BCUT2D eigenvalue weighted by Gasteiger charge is 2.47. The number of phenolic OH excluding ortho intramolecular Hbond substituents is 1. The van der Waals surface area contributed by atoms with Gasteiger partial charge in [0.15, 0.2) is 0 Å². The van der Waals surface area contributed by atoms with Crippen LogP contribution in [0.1, 0.15) is 24.1 Å². The summed E-state index contributed by atoms with van der Waals surface area (Å²) in [5, 5.41) is 21.0. The molecule has 1 fully saturated rings. The van der Waals surface area contributed by atoms with E-state index in [9.17, 15) is 24.2 Å². The third-order valence-electron chi connectivity index (χ3n) is 5.16. The number of rotatable bonds is 5. The standard InChI is InChI=1S/C25H20FNO5/c1-2-32-20-11-9-15(10-12-20)23(29)21-22(16-5-3-8-19(28)13-16)27(25(31)24(21)30)18-7-4-6-17(26)14-18/h3-14,22,28-29H,2H2,1H3/b23-21+. The van der Waals surface area contributed by atoms with Gasteiger partial charge in [0.1, 0.15) is 23.1 Å². The van der Waals surface area contributed by atoms with Crippen LogP contribution in [0.5, 0.6) is 11.5 Å². The molecule has 162 valence electrons. The fourth-order valence-electron chi connectivity index (χ4n) is 3.77. The predicted molar refractivity (Wildman–Crippen MR) is 117 cm³/mol. The minimum atomic E-state index is -1.06. The van der Waals surface area contributed by atoms with E-state index in [0.29, 0.717) is 23.5 Å². The Morgan fingerprint density at radius 3 is 2.41 bits per heavy atom. The predicted octanol–water partition coefficient (Wildman–Crippen LogP) is 4.56. The van der Waals surface area contributed by atoms with Gasteiger partial charge >= 0.3 is 0 Å². The number of benzene rings is 3. The number of nitrogens with zero attached hydrogens (tertiary/aromatic N) is 1. The number of hydrogen-bond acceptors (Lipinski definition) is 5. The average Bonchev–Trinajstić information content (AvgIpc) is 3.05. The molecule has 0 bridgehead atoms. The van der Waals surface area contributed by atoms with Gasteiger partial charge in [-0.1, -0.05) is 18.2 Å². The van der Waals surface area contributed by atoms with Gasteiger partial charge in [0.2, 0.25) is 0 Å². The SMILES string of the molecule is CCOc1ccc(/C(O)=C2\C(=O)C(=O)N(c3cccc(F)c3)C2c2cccc(O)c2)cc1. The van der Waals surface area contributed by atoms with E-state index in [1.807, 2.05) is 6.92 Å². The number of carbonyl (C=O) groups is 2. The van der Waals surface area contributed by atoms with Crippen molar-refractivity contribution in [2.24, 2.45) is 0 Å². The van der Waals surface area contributed by atoms with Gasteiger partial charge in [-0.15, -0.1) is 0 Å². The number of ketones is 1. The van der Waals surface area contributed by atoms with E-state index in [1.165, 1.54) is 30.3 Å². The lowest BCUT2D eigenvalue weighted by Crippen LogP contribution is -2.29. The zero-order valence-corrected chi connectivity index (χ0v) is 17.2. The van der Waals surface area contributed by atoms with Gasteiger partial charge in [0.05, 0.1) is 18.2 Å². The van der Waals surface area contributed by atoms with Crippen LogP contribution >= 0.6 is 0 Å². The van der Waals surface area contributed by atoms with Crippen LogP contribution in [-0.4, -0.2) is 28.5 Å². The highest BCUT2D eigenvalue weighted by atomic mass is 19.1. The van der Waals surface area contributed by atoms with Crippen molar-refractivity contribution in [3.8, 4) is 11.5 Å². The molecule has 0 aromatic heterocycles. The van der Waals surface area contributed by atoms with Crippen LogP contribution in [0.2, 0.25) is 0 Å². The molecular formula is C25H20FNO5. The van der Waals surface area contributed by atoms with Crippen LogP contribution in [0.25, 0.3) is 5.76 Å². The monoisotopic (exact) mass is 433 g/mol. The summed E-state index contributed by atoms with van der Waals surface area (Å²) in [6.45, 7) is 2.32. The van der Waals surface area contributed by atoms with Gasteiger partial charge in [-0.3, -0.25) is 14.5 Å². The molecule has 6 nitrogen and oxygen atoms in total. The second-order valence-electron chi connectivity index (χ2n) is 7.20. The third kappa shape index (κ3) is 3.80. The first kappa shape index (κ1) is 21.1. The second kappa shape index (κ2) is 8.55. The summed E-state index contributed by atoms with van der Waals surface area (Å²) < 4.78 is 19.3. The molecule has 7 heteroatoms. The van der Waals surface area contributed by atoms with E-state index >= 15 is 0 Å². The minimum Gasteiger partial charge on any atom is -0.508 e. The number of hydrogen-bond donors (Lipinski definition) is 2. The number of Topliss-reactive ketones (excluding diaryl/α,β-unsaturated/α-hetero) is 1. The normalized spacial score (nSPS) is 17.6. The van der Waals surface area contributed by atoms with E-state index in [2.05, 4.69) is 0 Å². The van der Waals surface area contributed by atoms with Crippen molar-refractivity contribution in [2.75, 3.05) is 11.5 Å². The molecule has 0 spiro atoms. The molecule has 2 N–H and O–H groups in total. The lowest BCUT2D eigenvalue weighted by atomic mass is 9.95. The van der Waals surface area contributed by atoms with Crippen molar-refractivity contribution in [1.82, 2.24) is 0 Å². The maximum Gasteiger partial charge on any atom is 0.300 e. The van der Waals surface area contributed by atoms with Crippen molar-refractivity contribution in [2.45, 2.75) is 13.0 Å². The second-order valence-corrected chi connectivity index (χ2v) is 7.20. The Hall–Kier alpha value is -4.13. The largest absolute Gasteiger partial charge is 0.508 e. The lowest BCUT2D eigenvalue weighted by molar-refractivity contribution is -0.132. The molecule has 3 aromatic rings. The number of aromatic hydroxyl groups is 1. The summed E-state index contributed by atoms with van der Waals surface area (Å²) in [6.07, 6.45) is 0. The number of ether oxygens (including phenoxy) is 1. The van der Waals surface area contributed by atoms with Crippen LogP contribution in [0.4, 0.5) is 10.1 Å². The molecule has 3 aromatic carbocycles. The quantitative estimate of drug-likeness (QED) is 0.350. The van der Waals surface area contributed by atoms with Crippen LogP contribution < -0.4 is 9.64 Å². The number of phenols is 1. The lowest BCUT2D eigenvalue weighted by Gasteiger charge is -2.25. The number of carbonyl (C=O) groups excluding carboxylic acids is 2.